The van der Waals surface area contributed by atoms with Gasteiger partial charge in [-0.1, -0.05) is 6.92 Å². The van der Waals surface area contributed by atoms with Crippen molar-refractivity contribution in [3.63, 3.8) is 0 Å². The summed E-state index contributed by atoms with van der Waals surface area (Å²) in [5.41, 5.74) is 1.17. The number of piperidine rings is 1. The van der Waals surface area contributed by atoms with Crippen LogP contribution in [0.25, 0.3) is 0 Å². The molecule has 2 heterocycles. The maximum absolute atomic E-state index is 4.63. The quantitative estimate of drug-likeness (QED) is 0.882. The van der Waals surface area contributed by atoms with E-state index in [1.165, 1.54) is 18.5 Å². The molecular weight excluding hydrogens is 224 g/mol. The van der Waals surface area contributed by atoms with E-state index in [1.54, 1.807) is 0 Å². The monoisotopic (exact) mass is 248 g/mol. The van der Waals surface area contributed by atoms with Crippen LogP contribution in [0.3, 0.4) is 0 Å². The highest BCUT2D eigenvalue weighted by molar-refractivity contribution is 5.10. The van der Waals surface area contributed by atoms with E-state index in [1.807, 2.05) is 13.1 Å². The Bertz CT molecular complexity index is 380. The van der Waals surface area contributed by atoms with Crippen LogP contribution < -0.4 is 5.32 Å². The van der Waals surface area contributed by atoms with Crippen LogP contribution in [0, 0.1) is 12.8 Å². The van der Waals surface area contributed by atoms with Gasteiger partial charge in [0.05, 0.1) is 11.7 Å². The Labute approximate surface area is 110 Å². The van der Waals surface area contributed by atoms with Crippen LogP contribution >= 0.6 is 0 Å². The van der Waals surface area contributed by atoms with E-state index < -0.39 is 0 Å². The lowest BCUT2D eigenvalue weighted by atomic mass is 9.87. The molecule has 1 aliphatic heterocycles. The topological polar surface area (TPSA) is 41.0 Å². The zero-order chi connectivity index (χ0) is 13.0. The zero-order valence-electron chi connectivity index (χ0n) is 11.7. The molecule has 4 nitrogen and oxygen atoms in total. The summed E-state index contributed by atoms with van der Waals surface area (Å²) >= 11 is 0. The Balaban J connectivity index is 2.18. The number of hydrogen-bond acceptors (Lipinski definition) is 4. The predicted molar refractivity (Wildman–Crippen MR) is 73.4 cm³/mol. The van der Waals surface area contributed by atoms with Gasteiger partial charge in [0, 0.05) is 6.20 Å². The molecule has 1 N–H and O–H groups in total. The minimum Gasteiger partial charge on any atom is -0.317 e. The molecule has 1 aromatic rings. The molecule has 0 aliphatic carbocycles. The molecule has 0 amide bonds. The second-order valence-electron chi connectivity index (χ2n) is 5.16. The highest BCUT2D eigenvalue weighted by atomic mass is 15.2. The van der Waals surface area contributed by atoms with Crippen molar-refractivity contribution >= 4 is 0 Å². The number of hydrogen-bond donors (Lipinski definition) is 1. The number of aryl methyl sites for hydroxylation is 1. The van der Waals surface area contributed by atoms with Crippen LogP contribution in [0.4, 0.5) is 0 Å². The van der Waals surface area contributed by atoms with Crippen molar-refractivity contribution in [3.8, 4) is 0 Å². The molecule has 100 valence electrons. The maximum atomic E-state index is 4.63. The normalized spacial score (nSPS) is 25.3. The molecule has 0 aromatic carbocycles. The lowest BCUT2D eigenvalue weighted by Crippen LogP contribution is -2.41. The van der Waals surface area contributed by atoms with Crippen LogP contribution in [0.1, 0.15) is 37.3 Å². The number of nitrogens with one attached hydrogen (secondary N) is 1. The number of likely N-dealkylation sites (tertiary alicyclic amines) is 1. The van der Waals surface area contributed by atoms with Gasteiger partial charge in [0.1, 0.15) is 5.82 Å². The van der Waals surface area contributed by atoms with Crippen LogP contribution in [0.15, 0.2) is 12.3 Å². The predicted octanol–water partition coefficient (Wildman–Crippen LogP) is 1.78. The summed E-state index contributed by atoms with van der Waals surface area (Å²) in [4.78, 5) is 11.3. The molecule has 2 atom stereocenters. The number of aromatic nitrogens is 2. The molecule has 0 radical (unpaired) electrons. The van der Waals surface area contributed by atoms with E-state index in [0.717, 1.165) is 25.5 Å². The summed E-state index contributed by atoms with van der Waals surface area (Å²) < 4.78 is 0. The zero-order valence-corrected chi connectivity index (χ0v) is 11.7. The van der Waals surface area contributed by atoms with E-state index in [9.17, 15) is 0 Å². The molecule has 0 saturated carbocycles. The van der Waals surface area contributed by atoms with Crippen molar-refractivity contribution in [2.24, 2.45) is 5.92 Å². The molecule has 2 unspecified atom stereocenters. The minimum absolute atomic E-state index is 0.430. The molecule has 18 heavy (non-hydrogen) atoms. The first-order valence-corrected chi connectivity index (χ1v) is 6.93. The molecule has 0 spiro atoms. The van der Waals surface area contributed by atoms with Crippen LogP contribution in [-0.4, -0.2) is 41.5 Å². The summed E-state index contributed by atoms with van der Waals surface area (Å²) in [5.74, 6) is 1.52. The lowest BCUT2D eigenvalue weighted by Gasteiger charge is -2.39. The first kappa shape index (κ1) is 13.4. The van der Waals surface area contributed by atoms with E-state index in [4.69, 9.17) is 0 Å². The first-order valence-electron chi connectivity index (χ1n) is 6.93. The fourth-order valence-corrected chi connectivity index (χ4v) is 2.91. The standard InChI is InChI=1S/C14H24N4/c1-4-15-10-12-6-5-9-18(3)14(12)13-7-8-16-11(2)17-13/h7-8,12,14-15H,4-6,9-10H2,1-3H3. The van der Waals surface area contributed by atoms with Gasteiger partial charge in [-0.3, -0.25) is 4.90 Å². The van der Waals surface area contributed by atoms with Gasteiger partial charge in [0.15, 0.2) is 0 Å². The van der Waals surface area contributed by atoms with E-state index in [-0.39, 0.29) is 0 Å². The Morgan fingerprint density at radius 2 is 2.33 bits per heavy atom. The summed E-state index contributed by atoms with van der Waals surface area (Å²) in [5, 5.41) is 3.48. The first-order chi connectivity index (χ1) is 8.72. The summed E-state index contributed by atoms with van der Waals surface area (Å²) in [6.45, 7) is 7.41. The second kappa shape index (κ2) is 6.25. The molecular formula is C14H24N4. The smallest absolute Gasteiger partial charge is 0.125 e. The number of rotatable bonds is 4. The van der Waals surface area contributed by atoms with Gasteiger partial charge in [0.2, 0.25) is 0 Å². The average Bonchev–Trinajstić information content (AvgIpc) is 2.36. The minimum atomic E-state index is 0.430. The van der Waals surface area contributed by atoms with Crippen LogP contribution in [0.2, 0.25) is 0 Å². The van der Waals surface area contributed by atoms with Gasteiger partial charge in [-0.15, -0.1) is 0 Å². The van der Waals surface area contributed by atoms with Crippen molar-refractivity contribution in [1.82, 2.24) is 20.2 Å². The van der Waals surface area contributed by atoms with Crippen LogP contribution in [-0.2, 0) is 0 Å². The van der Waals surface area contributed by atoms with Crippen molar-refractivity contribution in [3.05, 3.63) is 23.8 Å². The largest absolute Gasteiger partial charge is 0.317 e. The second-order valence-corrected chi connectivity index (χ2v) is 5.16. The highest BCUT2D eigenvalue weighted by Gasteiger charge is 2.31. The van der Waals surface area contributed by atoms with Crippen molar-refractivity contribution in [2.75, 3.05) is 26.7 Å². The van der Waals surface area contributed by atoms with Gasteiger partial charge in [-0.05, 0) is 58.4 Å². The third-order valence-corrected chi connectivity index (χ3v) is 3.76. The van der Waals surface area contributed by atoms with Gasteiger partial charge in [-0.2, -0.15) is 0 Å². The van der Waals surface area contributed by atoms with E-state index in [2.05, 4.69) is 40.2 Å². The third kappa shape index (κ3) is 3.06. The number of nitrogens with zero attached hydrogens (tertiary/aromatic N) is 3. The SMILES string of the molecule is CCNCC1CCCN(C)C1c1ccnc(C)n1. The highest BCUT2D eigenvalue weighted by Crippen LogP contribution is 2.33. The van der Waals surface area contributed by atoms with Crippen molar-refractivity contribution in [2.45, 2.75) is 32.7 Å². The molecule has 1 aliphatic rings. The molecule has 1 saturated heterocycles. The molecule has 0 bridgehead atoms. The van der Waals surface area contributed by atoms with Gasteiger partial charge in [0.25, 0.3) is 0 Å². The Morgan fingerprint density at radius 3 is 3.06 bits per heavy atom. The molecule has 1 aromatic heterocycles. The van der Waals surface area contributed by atoms with Crippen molar-refractivity contribution in [1.29, 1.82) is 0 Å². The maximum Gasteiger partial charge on any atom is 0.125 e. The summed E-state index contributed by atoms with van der Waals surface area (Å²) in [7, 11) is 2.21. The molecule has 1 fully saturated rings. The summed E-state index contributed by atoms with van der Waals surface area (Å²) in [6.07, 6.45) is 4.45. The summed E-state index contributed by atoms with van der Waals surface area (Å²) in [6, 6.07) is 2.50. The fraction of sp³-hybridized carbons (Fsp3) is 0.714. The molecule has 4 heteroatoms. The lowest BCUT2D eigenvalue weighted by molar-refractivity contribution is 0.116. The fourth-order valence-electron chi connectivity index (χ4n) is 2.91. The molecule has 2 rings (SSSR count). The Morgan fingerprint density at radius 1 is 1.50 bits per heavy atom. The van der Waals surface area contributed by atoms with E-state index in [0.29, 0.717) is 12.0 Å². The van der Waals surface area contributed by atoms with Gasteiger partial charge >= 0.3 is 0 Å². The van der Waals surface area contributed by atoms with Crippen LogP contribution in [0.5, 0.6) is 0 Å². The van der Waals surface area contributed by atoms with E-state index >= 15 is 0 Å². The Hall–Kier alpha value is -1.00. The Kier molecular flexibility index (Phi) is 4.66. The third-order valence-electron chi connectivity index (χ3n) is 3.76. The van der Waals surface area contributed by atoms with Gasteiger partial charge in [-0.25, -0.2) is 9.97 Å². The average molecular weight is 248 g/mol. The van der Waals surface area contributed by atoms with Gasteiger partial charge < -0.3 is 5.32 Å². The van der Waals surface area contributed by atoms with Crippen molar-refractivity contribution < 1.29 is 0 Å².